The number of esters is 1. The summed E-state index contributed by atoms with van der Waals surface area (Å²) in [6.45, 7) is 9.58. The third kappa shape index (κ3) is 4.21. The Bertz CT molecular complexity index is 571. The highest BCUT2D eigenvalue weighted by Crippen LogP contribution is 2.33. The molecule has 0 bridgehead atoms. The Labute approximate surface area is 130 Å². The molecule has 0 saturated carbocycles. The van der Waals surface area contributed by atoms with Crippen molar-refractivity contribution >= 4 is 23.5 Å². The number of carboxylic acids is 1. The van der Waals surface area contributed by atoms with E-state index in [0.717, 1.165) is 0 Å². The number of halogens is 1. The van der Waals surface area contributed by atoms with Gasteiger partial charge in [-0.25, -0.2) is 9.59 Å². The minimum absolute atomic E-state index is 0.0565. The minimum atomic E-state index is -1.17. The normalized spacial score (nSPS) is 11.3. The fraction of sp³-hybridized carbons (Fsp3) is 0.500. The molecular formula is C16H21ClO4. The van der Waals surface area contributed by atoms with Gasteiger partial charge in [0.2, 0.25) is 0 Å². The summed E-state index contributed by atoms with van der Waals surface area (Å²) in [6, 6.07) is 1.48. The highest BCUT2D eigenvalue weighted by atomic mass is 35.5. The zero-order chi connectivity index (χ0) is 16.4. The lowest BCUT2D eigenvalue weighted by Crippen LogP contribution is -2.19. The molecule has 0 heterocycles. The minimum Gasteiger partial charge on any atom is -0.478 e. The SMILES string of the molecule is CCOC(=O)c1cc(C)c(Cl)c(CC(C)(C)C)c1C(=O)O. The van der Waals surface area contributed by atoms with Gasteiger partial charge in [-0.1, -0.05) is 32.4 Å². The second kappa shape index (κ2) is 6.48. The smallest absolute Gasteiger partial charge is 0.339 e. The van der Waals surface area contributed by atoms with Crippen LogP contribution in [0.25, 0.3) is 0 Å². The van der Waals surface area contributed by atoms with Gasteiger partial charge in [-0.15, -0.1) is 0 Å². The molecule has 1 aromatic rings. The maximum atomic E-state index is 12.0. The van der Waals surface area contributed by atoms with E-state index in [4.69, 9.17) is 16.3 Å². The Kier molecular flexibility index (Phi) is 5.40. The fourth-order valence-electron chi connectivity index (χ4n) is 2.17. The molecule has 0 aromatic heterocycles. The summed E-state index contributed by atoms with van der Waals surface area (Å²) >= 11 is 6.29. The molecule has 0 unspecified atom stereocenters. The van der Waals surface area contributed by atoms with E-state index in [0.29, 0.717) is 22.6 Å². The summed E-state index contributed by atoms with van der Waals surface area (Å²) in [5.41, 5.74) is 1.00. The predicted octanol–water partition coefficient (Wildman–Crippen LogP) is 4.11. The molecule has 21 heavy (non-hydrogen) atoms. The van der Waals surface area contributed by atoms with Crippen LogP contribution < -0.4 is 0 Å². The first-order chi connectivity index (χ1) is 9.58. The van der Waals surface area contributed by atoms with Gasteiger partial charge in [0.15, 0.2) is 0 Å². The standard InChI is InChI=1S/C16H21ClO4/c1-6-21-15(20)10-7-9(2)13(17)11(8-16(3,4)5)12(10)14(18)19/h7H,6,8H2,1-5H3,(H,18,19). The van der Waals surface area contributed by atoms with Crippen LogP contribution in [0, 0.1) is 12.3 Å². The van der Waals surface area contributed by atoms with Crippen LogP contribution in [0.3, 0.4) is 0 Å². The van der Waals surface area contributed by atoms with Gasteiger partial charge < -0.3 is 9.84 Å². The van der Waals surface area contributed by atoms with Crippen molar-refractivity contribution in [3.8, 4) is 0 Å². The molecule has 0 aliphatic rings. The first-order valence-electron chi connectivity index (χ1n) is 6.81. The van der Waals surface area contributed by atoms with Crippen molar-refractivity contribution in [2.24, 2.45) is 5.41 Å². The number of ether oxygens (including phenoxy) is 1. The van der Waals surface area contributed by atoms with Crippen LogP contribution in [0.2, 0.25) is 5.02 Å². The van der Waals surface area contributed by atoms with E-state index in [-0.39, 0.29) is 23.1 Å². The molecule has 0 saturated heterocycles. The van der Waals surface area contributed by atoms with Crippen LogP contribution in [0.1, 0.15) is 59.5 Å². The number of carbonyl (C=O) groups excluding carboxylic acids is 1. The summed E-state index contributed by atoms with van der Waals surface area (Å²) in [4.78, 5) is 23.7. The van der Waals surface area contributed by atoms with Crippen LogP contribution >= 0.6 is 11.6 Å². The lowest BCUT2D eigenvalue weighted by atomic mass is 9.84. The van der Waals surface area contributed by atoms with Crippen molar-refractivity contribution in [3.63, 3.8) is 0 Å². The third-order valence-electron chi connectivity index (χ3n) is 2.96. The molecule has 0 atom stereocenters. The molecule has 1 rings (SSSR count). The molecule has 4 nitrogen and oxygen atoms in total. The number of benzene rings is 1. The van der Waals surface area contributed by atoms with E-state index >= 15 is 0 Å². The second-order valence-electron chi connectivity index (χ2n) is 6.17. The van der Waals surface area contributed by atoms with Crippen LogP contribution in [-0.4, -0.2) is 23.7 Å². The number of aryl methyl sites for hydroxylation is 1. The van der Waals surface area contributed by atoms with Gasteiger partial charge in [-0.05, 0) is 42.9 Å². The first-order valence-corrected chi connectivity index (χ1v) is 7.18. The molecule has 0 spiro atoms. The molecule has 0 aliphatic carbocycles. The first kappa shape index (κ1) is 17.5. The Hall–Kier alpha value is -1.55. The van der Waals surface area contributed by atoms with Crippen LogP contribution in [0.5, 0.6) is 0 Å². The van der Waals surface area contributed by atoms with Crippen LogP contribution in [0.4, 0.5) is 0 Å². The van der Waals surface area contributed by atoms with Gasteiger partial charge >= 0.3 is 11.9 Å². The average Bonchev–Trinajstić information content (AvgIpc) is 2.32. The van der Waals surface area contributed by atoms with Crippen molar-refractivity contribution in [2.45, 2.75) is 41.0 Å². The van der Waals surface area contributed by atoms with Crippen molar-refractivity contribution in [1.82, 2.24) is 0 Å². The van der Waals surface area contributed by atoms with E-state index in [9.17, 15) is 14.7 Å². The van der Waals surface area contributed by atoms with Crippen molar-refractivity contribution in [2.75, 3.05) is 6.61 Å². The zero-order valence-corrected chi connectivity index (χ0v) is 13.8. The molecule has 1 aromatic carbocycles. The second-order valence-corrected chi connectivity index (χ2v) is 6.55. The van der Waals surface area contributed by atoms with E-state index in [1.54, 1.807) is 13.8 Å². The number of hydrogen-bond acceptors (Lipinski definition) is 3. The van der Waals surface area contributed by atoms with Gasteiger partial charge in [0.05, 0.1) is 17.7 Å². The molecule has 1 N–H and O–H groups in total. The largest absolute Gasteiger partial charge is 0.478 e. The average molecular weight is 313 g/mol. The lowest BCUT2D eigenvalue weighted by molar-refractivity contribution is 0.0514. The fourth-order valence-corrected chi connectivity index (χ4v) is 2.39. The molecule has 0 fully saturated rings. The zero-order valence-electron chi connectivity index (χ0n) is 13.0. The topological polar surface area (TPSA) is 63.6 Å². The molecule has 0 amide bonds. The van der Waals surface area contributed by atoms with Crippen LogP contribution in [-0.2, 0) is 11.2 Å². The Morgan fingerprint density at radius 1 is 1.33 bits per heavy atom. The summed E-state index contributed by atoms with van der Waals surface area (Å²) in [6.07, 6.45) is 0.460. The van der Waals surface area contributed by atoms with Gasteiger partial charge in [-0.3, -0.25) is 0 Å². The van der Waals surface area contributed by atoms with Gasteiger partial charge in [-0.2, -0.15) is 0 Å². The quantitative estimate of drug-likeness (QED) is 0.850. The summed E-state index contributed by atoms with van der Waals surface area (Å²) in [5, 5.41) is 9.91. The Morgan fingerprint density at radius 2 is 1.90 bits per heavy atom. The van der Waals surface area contributed by atoms with Crippen molar-refractivity contribution in [1.29, 1.82) is 0 Å². The summed E-state index contributed by atoms with van der Waals surface area (Å²) in [7, 11) is 0. The molecular weight excluding hydrogens is 292 g/mol. The van der Waals surface area contributed by atoms with Crippen LogP contribution in [0.15, 0.2) is 6.07 Å². The highest BCUT2D eigenvalue weighted by molar-refractivity contribution is 6.33. The van der Waals surface area contributed by atoms with Crippen molar-refractivity contribution < 1.29 is 19.4 Å². The lowest BCUT2D eigenvalue weighted by Gasteiger charge is -2.22. The van der Waals surface area contributed by atoms with E-state index < -0.39 is 11.9 Å². The van der Waals surface area contributed by atoms with E-state index in [1.807, 2.05) is 20.8 Å². The van der Waals surface area contributed by atoms with Gasteiger partial charge in [0.25, 0.3) is 0 Å². The maximum absolute atomic E-state index is 12.0. The van der Waals surface area contributed by atoms with Gasteiger partial charge in [0, 0.05) is 5.02 Å². The monoisotopic (exact) mass is 312 g/mol. The molecule has 5 heteroatoms. The number of rotatable bonds is 4. The molecule has 116 valence electrons. The molecule has 0 radical (unpaired) electrons. The third-order valence-corrected chi connectivity index (χ3v) is 3.49. The number of hydrogen-bond donors (Lipinski definition) is 1. The maximum Gasteiger partial charge on any atom is 0.339 e. The number of carboxylic acid groups (broad SMARTS) is 1. The van der Waals surface area contributed by atoms with E-state index in [2.05, 4.69) is 0 Å². The summed E-state index contributed by atoms with van der Waals surface area (Å²) in [5.74, 6) is -1.80. The number of aromatic carboxylic acids is 1. The highest BCUT2D eigenvalue weighted by Gasteiger charge is 2.27. The van der Waals surface area contributed by atoms with Crippen molar-refractivity contribution in [3.05, 3.63) is 33.3 Å². The molecule has 0 aliphatic heterocycles. The Balaban J connectivity index is 3.60. The van der Waals surface area contributed by atoms with E-state index in [1.165, 1.54) is 6.07 Å². The van der Waals surface area contributed by atoms with Gasteiger partial charge in [0.1, 0.15) is 0 Å². The predicted molar refractivity (Wildman–Crippen MR) is 82.3 cm³/mol. The number of carbonyl (C=O) groups is 2. The Morgan fingerprint density at radius 3 is 2.33 bits per heavy atom. The summed E-state index contributed by atoms with van der Waals surface area (Å²) < 4.78 is 4.95.